The number of nitrogens with two attached hydrogens (primary N) is 1. The first kappa shape index (κ1) is 14.9. The standard InChI is InChI=1S/C14H16N2O2S2/c1-8-4-10(5-11(9(8)2)13(17)18-3)7-19-12-6-16-14(15)20-12/h4-6H,7H2,1-3H3,(H2,15,16). The van der Waals surface area contributed by atoms with Gasteiger partial charge in [-0.15, -0.1) is 11.8 Å². The van der Waals surface area contributed by atoms with Crippen molar-refractivity contribution < 1.29 is 9.53 Å². The molecule has 6 heteroatoms. The second-order valence-corrected chi connectivity index (χ2v) is 6.72. The fourth-order valence-corrected chi connectivity index (χ4v) is 3.52. The Morgan fingerprint density at radius 2 is 2.20 bits per heavy atom. The van der Waals surface area contributed by atoms with Crippen LogP contribution in [0.5, 0.6) is 0 Å². The number of aromatic nitrogens is 1. The number of carbonyl (C=O) groups is 1. The van der Waals surface area contributed by atoms with Crippen molar-refractivity contribution in [2.75, 3.05) is 12.8 Å². The lowest BCUT2D eigenvalue weighted by atomic mass is 10.0. The first-order chi connectivity index (χ1) is 9.51. The number of nitrogens with zero attached hydrogens (tertiary/aromatic N) is 1. The molecule has 0 aliphatic heterocycles. The van der Waals surface area contributed by atoms with Gasteiger partial charge in [0.05, 0.1) is 23.1 Å². The second kappa shape index (κ2) is 6.28. The third-order valence-corrected chi connectivity index (χ3v) is 5.11. The molecule has 0 radical (unpaired) electrons. The number of nitrogen functional groups attached to an aromatic ring is 1. The monoisotopic (exact) mass is 308 g/mol. The Balaban J connectivity index is 2.19. The van der Waals surface area contributed by atoms with Gasteiger partial charge in [0, 0.05) is 5.75 Å². The van der Waals surface area contributed by atoms with E-state index in [2.05, 4.69) is 11.1 Å². The highest BCUT2D eigenvalue weighted by Gasteiger charge is 2.13. The molecule has 106 valence electrons. The van der Waals surface area contributed by atoms with Crippen molar-refractivity contribution in [2.24, 2.45) is 0 Å². The van der Waals surface area contributed by atoms with E-state index in [1.165, 1.54) is 18.4 Å². The molecule has 0 bridgehead atoms. The van der Waals surface area contributed by atoms with Crippen LogP contribution in [0.3, 0.4) is 0 Å². The molecular formula is C14H16N2O2S2. The van der Waals surface area contributed by atoms with E-state index in [-0.39, 0.29) is 5.97 Å². The van der Waals surface area contributed by atoms with Crippen LogP contribution in [0.25, 0.3) is 0 Å². The van der Waals surface area contributed by atoms with Gasteiger partial charge in [0.1, 0.15) is 0 Å². The van der Waals surface area contributed by atoms with Gasteiger partial charge in [-0.3, -0.25) is 0 Å². The number of hydrogen-bond donors (Lipinski definition) is 1. The molecule has 0 fully saturated rings. The Labute approximate surface area is 126 Å². The zero-order valence-corrected chi connectivity index (χ0v) is 13.2. The lowest BCUT2D eigenvalue weighted by molar-refractivity contribution is 0.0599. The lowest BCUT2D eigenvalue weighted by Crippen LogP contribution is -2.06. The first-order valence-corrected chi connectivity index (χ1v) is 7.84. The molecule has 2 aromatic rings. The highest BCUT2D eigenvalue weighted by Crippen LogP contribution is 2.30. The van der Waals surface area contributed by atoms with Gasteiger partial charge >= 0.3 is 5.97 Å². The average Bonchev–Trinajstić information content (AvgIpc) is 2.85. The molecule has 0 spiro atoms. The van der Waals surface area contributed by atoms with Crippen molar-refractivity contribution in [3.63, 3.8) is 0 Å². The molecule has 0 atom stereocenters. The average molecular weight is 308 g/mol. The van der Waals surface area contributed by atoms with Crippen LogP contribution >= 0.6 is 23.1 Å². The van der Waals surface area contributed by atoms with E-state index in [4.69, 9.17) is 10.5 Å². The van der Waals surface area contributed by atoms with Gasteiger partial charge in [0.25, 0.3) is 0 Å². The molecule has 0 aliphatic rings. The number of thioether (sulfide) groups is 1. The number of carbonyl (C=O) groups excluding carboxylic acids is 1. The molecule has 0 amide bonds. The molecule has 1 aromatic carbocycles. The van der Waals surface area contributed by atoms with Crippen LogP contribution < -0.4 is 5.73 Å². The van der Waals surface area contributed by atoms with Crippen LogP contribution in [-0.4, -0.2) is 18.1 Å². The molecule has 20 heavy (non-hydrogen) atoms. The number of thiazole rings is 1. The molecule has 0 saturated carbocycles. The number of methoxy groups -OCH3 is 1. The summed E-state index contributed by atoms with van der Waals surface area (Å²) in [6, 6.07) is 3.99. The largest absolute Gasteiger partial charge is 0.465 e. The van der Waals surface area contributed by atoms with Crippen molar-refractivity contribution in [3.8, 4) is 0 Å². The summed E-state index contributed by atoms with van der Waals surface area (Å²) in [6.07, 6.45) is 1.77. The zero-order valence-electron chi connectivity index (χ0n) is 11.6. The van der Waals surface area contributed by atoms with E-state index < -0.39 is 0 Å². The van der Waals surface area contributed by atoms with Crippen LogP contribution in [0.1, 0.15) is 27.0 Å². The molecule has 0 unspecified atom stereocenters. The molecule has 2 N–H and O–H groups in total. The SMILES string of the molecule is COC(=O)c1cc(CSc2cnc(N)s2)cc(C)c1C. The quantitative estimate of drug-likeness (QED) is 0.692. The highest BCUT2D eigenvalue weighted by atomic mass is 32.2. The maximum Gasteiger partial charge on any atom is 0.338 e. The molecule has 2 rings (SSSR count). The third-order valence-electron chi connectivity index (χ3n) is 3.02. The van der Waals surface area contributed by atoms with Gasteiger partial charge in [-0.05, 0) is 36.6 Å². The lowest BCUT2D eigenvalue weighted by Gasteiger charge is -2.10. The summed E-state index contributed by atoms with van der Waals surface area (Å²) in [5, 5.41) is 0.572. The van der Waals surface area contributed by atoms with Crippen molar-refractivity contribution >= 4 is 34.2 Å². The molecule has 4 nitrogen and oxygen atoms in total. The first-order valence-electron chi connectivity index (χ1n) is 6.03. The van der Waals surface area contributed by atoms with Gasteiger partial charge < -0.3 is 10.5 Å². The molecule has 1 aromatic heterocycles. The van der Waals surface area contributed by atoms with Crippen LogP contribution in [0.4, 0.5) is 5.13 Å². The number of hydrogen-bond acceptors (Lipinski definition) is 6. The van der Waals surface area contributed by atoms with Crippen molar-refractivity contribution in [3.05, 3.63) is 40.6 Å². The maximum atomic E-state index is 11.8. The minimum absolute atomic E-state index is 0.292. The molecule has 1 heterocycles. The predicted octanol–water partition coefficient (Wildman–Crippen LogP) is 3.42. The number of aryl methyl sites for hydroxylation is 1. The van der Waals surface area contributed by atoms with Crippen LogP contribution in [0, 0.1) is 13.8 Å². The number of esters is 1. The Hall–Kier alpha value is -1.53. The summed E-state index contributed by atoms with van der Waals surface area (Å²) in [7, 11) is 1.40. The van der Waals surface area contributed by atoms with E-state index in [9.17, 15) is 4.79 Å². The minimum atomic E-state index is -0.292. The van der Waals surface area contributed by atoms with Crippen molar-refractivity contribution in [1.82, 2.24) is 4.98 Å². The summed E-state index contributed by atoms with van der Waals surface area (Å²) in [4.78, 5) is 15.8. The molecular weight excluding hydrogens is 292 g/mol. The van der Waals surface area contributed by atoms with Crippen LogP contribution in [0.2, 0.25) is 0 Å². The van der Waals surface area contributed by atoms with Gasteiger partial charge in [0.2, 0.25) is 0 Å². The summed E-state index contributed by atoms with van der Waals surface area (Å²) >= 11 is 3.13. The molecule has 0 aliphatic carbocycles. The number of ether oxygens (including phenoxy) is 1. The summed E-state index contributed by atoms with van der Waals surface area (Å²) in [6.45, 7) is 3.93. The molecule has 0 saturated heterocycles. The third kappa shape index (κ3) is 3.32. The second-order valence-electron chi connectivity index (χ2n) is 4.38. The zero-order chi connectivity index (χ0) is 14.7. The van der Waals surface area contributed by atoms with E-state index in [0.29, 0.717) is 10.7 Å². The Bertz CT molecular complexity index is 638. The van der Waals surface area contributed by atoms with E-state index >= 15 is 0 Å². The topological polar surface area (TPSA) is 65.2 Å². The van der Waals surface area contributed by atoms with E-state index in [1.807, 2.05) is 19.9 Å². The van der Waals surface area contributed by atoms with Crippen LogP contribution in [-0.2, 0) is 10.5 Å². The summed E-state index contributed by atoms with van der Waals surface area (Å²) < 4.78 is 5.89. The van der Waals surface area contributed by atoms with Crippen LogP contribution in [0.15, 0.2) is 22.5 Å². The maximum absolute atomic E-state index is 11.8. The van der Waals surface area contributed by atoms with Gasteiger partial charge in [-0.1, -0.05) is 17.4 Å². The Morgan fingerprint density at radius 3 is 2.80 bits per heavy atom. The Morgan fingerprint density at radius 1 is 1.45 bits per heavy atom. The number of rotatable bonds is 4. The van der Waals surface area contributed by atoms with Gasteiger partial charge in [-0.25, -0.2) is 9.78 Å². The minimum Gasteiger partial charge on any atom is -0.465 e. The fourth-order valence-electron chi connectivity index (χ4n) is 1.83. The summed E-state index contributed by atoms with van der Waals surface area (Å²) in [5.74, 6) is 0.478. The highest BCUT2D eigenvalue weighted by molar-refractivity contribution is 8.00. The fraction of sp³-hybridized carbons (Fsp3) is 0.286. The number of anilines is 1. The normalized spacial score (nSPS) is 10.6. The van der Waals surface area contributed by atoms with Crippen molar-refractivity contribution in [2.45, 2.75) is 23.8 Å². The van der Waals surface area contributed by atoms with Crippen molar-refractivity contribution in [1.29, 1.82) is 0 Å². The van der Waals surface area contributed by atoms with Gasteiger partial charge in [-0.2, -0.15) is 0 Å². The van der Waals surface area contributed by atoms with Gasteiger partial charge in [0.15, 0.2) is 5.13 Å². The smallest absolute Gasteiger partial charge is 0.338 e. The van der Waals surface area contributed by atoms with E-state index in [1.54, 1.807) is 18.0 Å². The van der Waals surface area contributed by atoms with E-state index in [0.717, 1.165) is 26.7 Å². The number of benzene rings is 1. The predicted molar refractivity (Wildman–Crippen MR) is 83.3 cm³/mol. The Kier molecular flexibility index (Phi) is 4.67. The summed E-state index contributed by atoms with van der Waals surface area (Å²) in [5.41, 5.74) is 9.38.